The van der Waals surface area contributed by atoms with Crippen LogP contribution >= 0.6 is 0 Å². The highest BCUT2D eigenvalue weighted by molar-refractivity contribution is 5.95. The Morgan fingerprint density at radius 3 is 2.55 bits per heavy atom. The van der Waals surface area contributed by atoms with Crippen LogP contribution in [-0.2, 0) is 9.53 Å². The number of anilines is 1. The summed E-state index contributed by atoms with van der Waals surface area (Å²) in [5.41, 5.74) is 7.02. The summed E-state index contributed by atoms with van der Waals surface area (Å²) in [7, 11) is 1.24. The van der Waals surface area contributed by atoms with Gasteiger partial charge in [0.2, 0.25) is 0 Å². The van der Waals surface area contributed by atoms with Gasteiger partial charge in [0.05, 0.1) is 19.6 Å². The molecule has 2 aromatic rings. The molecule has 0 aliphatic heterocycles. The van der Waals surface area contributed by atoms with Gasteiger partial charge in [0, 0.05) is 11.1 Å². The molecule has 2 atom stereocenters. The van der Waals surface area contributed by atoms with E-state index in [1.807, 2.05) is 12.1 Å². The van der Waals surface area contributed by atoms with Gasteiger partial charge in [-0.3, -0.25) is 4.79 Å². The topological polar surface area (TPSA) is 92.8 Å². The molecule has 5 heteroatoms. The fraction of sp³-hybridized carbons (Fsp3) is 0.267. The van der Waals surface area contributed by atoms with Gasteiger partial charge in [-0.25, -0.2) is 0 Å². The van der Waals surface area contributed by atoms with Crippen molar-refractivity contribution in [3.8, 4) is 0 Å². The van der Waals surface area contributed by atoms with Crippen LogP contribution in [0.25, 0.3) is 10.8 Å². The van der Waals surface area contributed by atoms with Crippen LogP contribution in [0, 0.1) is 0 Å². The van der Waals surface area contributed by atoms with Crippen molar-refractivity contribution in [2.75, 3.05) is 12.8 Å². The van der Waals surface area contributed by atoms with Crippen molar-refractivity contribution >= 4 is 22.4 Å². The highest BCUT2D eigenvalue weighted by Crippen LogP contribution is 2.30. The number of nitrogen functional groups attached to an aromatic ring is 1. The molecule has 0 fully saturated rings. The molecule has 0 saturated carbocycles. The average Bonchev–Trinajstić information content (AvgIpc) is 2.46. The Morgan fingerprint density at radius 1 is 1.20 bits per heavy atom. The molecule has 5 nitrogen and oxygen atoms in total. The Kier molecular flexibility index (Phi) is 4.22. The molecule has 2 unspecified atom stereocenters. The molecule has 0 spiro atoms. The predicted octanol–water partition coefficient (Wildman–Crippen LogP) is 1.38. The monoisotopic (exact) mass is 275 g/mol. The summed E-state index contributed by atoms with van der Waals surface area (Å²) in [6, 6.07) is 10.7. The summed E-state index contributed by atoms with van der Waals surface area (Å²) in [4.78, 5) is 11.2. The predicted molar refractivity (Wildman–Crippen MR) is 76.0 cm³/mol. The Morgan fingerprint density at radius 2 is 1.85 bits per heavy atom. The number of benzene rings is 2. The first-order valence-corrected chi connectivity index (χ1v) is 6.24. The summed E-state index contributed by atoms with van der Waals surface area (Å²) in [6.45, 7) is 0. The maximum Gasteiger partial charge on any atom is 0.308 e. The first-order chi connectivity index (χ1) is 9.54. The zero-order valence-electron chi connectivity index (χ0n) is 11.1. The maximum atomic E-state index is 11.2. The van der Waals surface area contributed by atoms with Gasteiger partial charge in [-0.2, -0.15) is 0 Å². The molecular formula is C15H17NO4. The smallest absolute Gasteiger partial charge is 0.308 e. The third kappa shape index (κ3) is 2.74. The Balaban J connectivity index is 2.37. The molecule has 0 saturated heterocycles. The second kappa shape index (κ2) is 5.90. The zero-order valence-corrected chi connectivity index (χ0v) is 11.1. The highest BCUT2D eigenvalue weighted by Gasteiger charge is 2.23. The number of carbonyl (C=O) groups excluding carboxylic acids is 1. The first kappa shape index (κ1) is 14.3. The van der Waals surface area contributed by atoms with Crippen LogP contribution in [0.2, 0.25) is 0 Å². The summed E-state index contributed by atoms with van der Waals surface area (Å²) >= 11 is 0. The van der Waals surface area contributed by atoms with E-state index in [4.69, 9.17) is 5.73 Å². The molecule has 0 aliphatic rings. The molecule has 2 rings (SSSR count). The van der Waals surface area contributed by atoms with E-state index in [0.29, 0.717) is 11.3 Å². The minimum Gasteiger partial charge on any atom is -0.469 e. The van der Waals surface area contributed by atoms with Crippen molar-refractivity contribution in [2.24, 2.45) is 0 Å². The third-order valence-electron chi connectivity index (χ3n) is 3.28. The molecule has 4 N–H and O–H groups in total. The number of nitrogens with two attached hydrogens (primary N) is 1. The van der Waals surface area contributed by atoms with Crippen LogP contribution in [0.15, 0.2) is 36.4 Å². The van der Waals surface area contributed by atoms with E-state index in [1.54, 1.807) is 24.3 Å². The maximum absolute atomic E-state index is 11.2. The number of hydrogen-bond acceptors (Lipinski definition) is 5. The van der Waals surface area contributed by atoms with Gasteiger partial charge in [0.25, 0.3) is 0 Å². The lowest BCUT2D eigenvalue weighted by molar-refractivity contribution is -0.144. The Bertz CT molecular complexity index is 626. The summed E-state index contributed by atoms with van der Waals surface area (Å²) in [5.74, 6) is -0.573. The number of aliphatic hydroxyl groups is 2. The number of hydrogen-bond donors (Lipinski definition) is 3. The SMILES string of the molecule is COC(=O)CC(O)C(O)c1cccc2c(N)cccc12. The van der Waals surface area contributed by atoms with E-state index in [9.17, 15) is 15.0 Å². The quantitative estimate of drug-likeness (QED) is 0.579. The molecule has 2 aromatic carbocycles. The van der Waals surface area contributed by atoms with Gasteiger partial charge in [-0.15, -0.1) is 0 Å². The van der Waals surface area contributed by atoms with E-state index in [1.165, 1.54) is 7.11 Å². The third-order valence-corrected chi connectivity index (χ3v) is 3.28. The first-order valence-electron chi connectivity index (χ1n) is 6.24. The minimum atomic E-state index is -1.23. The van der Waals surface area contributed by atoms with Crippen LogP contribution in [0.3, 0.4) is 0 Å². The van der Waals surface area contributed by atoms with Crippen molar-refractivity contribution in [3.05, 3.63) is 42.0 Å². The van der Waals surface area contributed by atoms with Crippen LogP contribution < -0.4 is 5.73 Å². The van der Waals surface area contributed by atoms with Gasteiger partial charge < -0.3 is 20.7 Å². The molecule has 0 bridgehead atoms. The average molecular weight is 275 g/mol. The van der Waals surface area contributed by atoms with Gasteiger partial charge in [-0.1, -0.05) is 30.3 Å². The molecule has 0 aromatic heterocycles. The fourth-order valence-electron chi connectivity index (χ4n) is 2.19. The van der Waals surface area contributed by atoms with Gasteiger partial charge >= 0.3 is 5.97 Å². The molecule has 20 heavy (non-hydrogen) atoms. The van der Waals surface area contributed by atoms with Crippen LogP contribution in [0.4, 0.5) is 5.69 Å². The van der Waals surface area contributed by atoms with Gasteiger partial charge in [0.15, 0.2) is 0 Å². The fourth-order valence-corrected chi connectivity index (χ4v) is 2.19. The lowest BCUT2D eigenvalue weighted by atomic mass is 9.95. The van der Waals surface area contributed by atoms with Gasteiger partial charge in [0.1, 0.15) is 6.10 Å². The van der Waals surface area contributed by atoms with Crippen LogP contribution in [0.1, 0.15) is 18.1 Å². The Hall–Kier alpha value is -2.11. The molecule has 0 aliphatic carbocycles. The number of aliphatic hydroxyl groups excluding tert-OH is 2. The van der Waals surface area contributed by atoms with E-state index >= 15 is 0 Å². The van der Waals surface area contributed by atoms with E-state index in [0.717, 1.165) is 10.8 Å². The number of carbonyl (C=O) groups is 1. The number of fused-ring (bicyclic) bond motifs is 1. The van der Waals surface area contributed by atoms with Crippen LogP contribution in [0.5, 0.6) is 0 Å². The number of esters is 1. The van der Waals surface area contributed by atoms with Gasteiger partial charge in [-0.05, 0) is 17.0 Å². The lowest BCUT2D eigenvalue weighted by Crippen LogP contribution is -2.22. The minimum absolute atomic E-state index is 0.267. The number of ether oxygens (including phenoxy) is 1. The number of rotatable bonds is 4. The molecular weight excluding hydrogens is 258 g/mol. The largest absolute Gasteiger partial charge is 0.469 e. The van der Waals surface area contributed by atoms with Crippen molar-refractivity contribution < 1.29 is 19.7 Å². The summed E-state index contributed by atoms with van der Waals surface area (Å²) in [6.07, 6.45) is -2.68. The molecule has 106 valence electrons. The van der Waals surface area contributed by atoms with E-state index in [2.05, 4.69) is 4.74 Å². The number of methoxy groups -OCH3 is 1. The van der Waals surface area contributed by atoms with Crippen molar-refractivity contribution in [1.82, 2.24) is 0 Å². The highest BCUT2D eigenvalue weighted by atomic mass is 16.5. The van der Waals surface area contributed by atoms with Crippen molar-refractivity contribution in [3.63, 3.8) is 0 Å². The normalized spacial score (nSPS) is 13.9. The molecule has 0 radical (unpaired) electrons. The van der Waals surface area contributed by atoms with E-state index < -0.39 is 18.2 Å². The zero-order chi connectivity index (χ0) is 14.7. The second-order valence-electron chi connectivity index (χ2n) is 4.58. The second-order valence-corrected chi connectivity index (χ2v) is 4.58. The Labute approximate surface area is 116 Å². The lowest BCUT2D eigenvalue weighted by Gasteiger charge is -2.19. The molecule has 0 amide bonds. The summed E-state index contributed by atoms with van der Waals surface area (Å²) < 4.78 is 4.48. The van der Waals surface area contributed by atoms with Crippen LogP contribution in [-0.4, -0.2) is 29.4 Å². The van der Waals surface area contributed by atoms with E-state index in [-0.39, 0.29) is 6.42 Å². The standard InChI is InChI=1S/C15H17NO4/c1-20-14(18)8-13(17)15(19)11-6-2-5-10-9(11)4-3-7-12(10)16/h2-7,13,15,17,19H,8,16H2,1H3. The summed E-state index contributed by atoms with van der Waals surface area (Å²) in [5, 5.41) is 21.7. The molecule has 0 heterocycles. The van der Waals surface area contributed by atoms with Crippen molar-refractivity contribution in [2.45, 2.75) is 18.6 Å². The van der Waals surface area contributed by atoms with Crippen molar-refractivity contribution in [1.29, 1.82) is 0 Å².